The summed E-state index contributed by atoms with van der Waals surface area (Å²) >= 11 is 0. The van der Waals surface area contributed by atoms with E-state index in [0.29, 0.717) is 0 Å². The number of nitrogens with zero attached hydrogens (tertiary/aromatic N) is 1. The normalized spacial score (nSPS) is 11.7. The lowest BCUT2D eigenvalue weighted by Crippen LogP contribution is -2.11. The second-order valence-electron chi connectivity index (χ2n) is 12.9. The Labute approximate surface area is 284 Å². The van der Waals surface area contributed by atoms with Gasteiger partial charge in [0.05, 0.1) is 5.69 Å². The Morgan fingerprint density at radius 3 is 1.16 bits per heavy atom. The number of rotatable bonds is 4. The number of anilines is 3. The standard InChI is InChI=1S/C48H31N/c1-3-17-35(18-4-1)49(36-19-5-2-6-20-36)48-42-25-13-11-23-40(42)47(41-24-12-14-26-43(41)48)34-27-28-39-44(31-34)37-21-9-10-22-38(37)45-29-32-15-7-8-16-33(32)30-46(39)45/h1-31H. The second kappa shape index (κ2) is 11.1. The molecule has 0 radical (unpaired) electrons. The van der Waals surface area contributed by atoms with Gasteiger partial charge in [0.15, 0.2) is 0 Å². The molecule has 1 nitrogen and oxygen atoms in total. The van der Waals surface area contributed by atoms with Gasteiger partial charge in [0.25, 0.3) is 0 Å². The molecule has 0 fully saturated rings. The van der Waals surface area contributed by atoms with Crippen molar-refractivity contribution in [3.05, 3.63) is 188 Å². The smallest absolute Gasteiger partial charge is 0.0618 e. The van der Waals surface area contributed by atoms with Crippen LogP contribution < -0.4 is 4.90 Å². The van der Waals surface area contributed by atoms with Gasteiger partial charge < -0.3 is 4.90 Å². The van der Waals surface area contributed by atoms with Crippen LogP contribution in [-0.2, 0) is 0 Å². The Morgan fingerprint density at radius 2 is 0.653 bits per heavy atom. The predicted octanol–water partition coefficient (Wildman–Crippen LogP) is 13.7. The van der Waals surface area contributed by atoms with Gasteiger partial charge >= 0.3 is 0 Å². The van der Waals surface area contributed by atoms with Gasteiger partial charge in [0.1, 0.15) is 0 Å². The van der Waals surface area contributed by atoms with Gasteiger partial charge in [-0.15, -0.1) is 0 Å². The molecular weight excluding hydrogens is 591 g/mol. The Bertz CT molecular complexity index is 2770. The molecule has 0 aromatic heterocycles. The number of fused-ring (bicyclic) bond motifs is 9. The summed E-state index contributed by atoms with van der Waals surface area (Å²) in [7, 11) is 0. The molecule has 1 heteroatoms. The molecule has 0 saturated heterocycles. The first-order valence-corrected chi connectivity index (χ1v) is 16.9. The van der Waals surface area contributed by atoms with Crippen LogP contribution in [0, 0.1) is 0 Å². The molecule has 49 heavy (non-hydrogen) atoms. The summed E-state index contributed by atoms with van der Waals surface area (Å²) in [4.78, 5) is 2.42. The highest BCUT2D eigenvalue weighted by Crippen LogP contribution is 2.49. The van der Waals surface area contributed by atoms with Gasteiger partial charge in [-0.1, -0.05) is 146 Å². The van der Waals surface area contributed by atoms with Crippen molar-refractivity contribution in [1.29, 1.82) is 0 Å². The quantitative estimate of drug-likeness (QED) is 0.140. The Kier molecular flexibility index (Phi) is 6.25. The minimum absolute atomic E-state index is 1.13. The van der Waals surface area contributed by atoms with Crippen molar-refractivity contribution in [2.75, 3.05) is 4.90 Å². The lowest BCUT2D eigenvalue weighted by atomic mass is 9.87. The summed E-state index contributed by atoms with van der Waals surface area (Å²) in [6.07, 6.45) is 0. The maximum Gasteiger partial charge on any atom is 0.0618 e. The molecule has 0 saturated carbocycles. The average Bonchev–Trinajstić information content (AvgIpc) is 3.18. The van der Waals surface area contributed by atoms with Crippen LogP contribution in [0.15, 0.2) is 188 Å². The fourth-order valence-electron chi connectivity index (χ4n) is 8.01. The molecule has 0 N–H and O–H groups in total. The van der Waals surface area contributed by atoms with Crippen molar-refractivity contribution in [1.82, 2.24) is 0 Å². The summed E-state index contributed by atoms with van der Waals surface area (Å²) in [5, 5.41) is 15.2. The average molecular weight is 622 g/mol. The van der Waals surface area contributed by atoms with E-state index >= 15 is 0 Å². The zero-order valence-corrected chi connectivity index (χ0v) is 26.8. The molecular formula is C48H31N. The van der Waals surface area contributed by atoms with E-state index in [9.17, 15) is 0 Å². The first-order chi connectivity index (χ1) is 24.3. The molecule has 0 aliphatic heterocycles. The van der Waals surface area contributed by atoms with Crippen molar-refractivity contribution in [3.8, 4) is 11.1 Å². The molecule has 228 valence electrons. The van der Waals surface area contributed by atoms with Crippen LogP contribution in [-0.4, -0.2) is 0 Å². The molecule has 0 heterocycles. The van der Waals surface area contributed by atoms with Crippen LogP contribution in [0.25, 0.3) is 75.8 Å². The summed E-state index contributed by atoms with van der Waals surface area (Å²) in [6.45, 7) is 0. The van der Waals surface area contributed by atoms with Gasteiger partial charge in [-0.25, -0.2) is 0 Å². The molecule has 0 atom stereocenters. The van der Waals surface area contributed by atoms with Crippen molar-refractivity contribution in [3.63, 3.8) is 0 Å². The third-order valence-corrected chi connectivity index (χ3v) is 10.1. The number of para-hydroxylation sites is 2. The number of hydrogen-bond acceptors (Lipinski definition) is 1. The van der Waals surface area contributed by atoms with Crippen molar-refractivity contribution in [2.45, 2.75) is 0 Å². The zero-order valence-electron chi connectivity index (χ0n) is 26.8. The van der Waals surface area contributed by atoms with E-state index in [-0.39, 0.29) is 0 Å². The number of hydrogen-bond donors (Lipinski definition) is 0. The second-order valence-corrected chi connectivity index (χ2v) is 12.9. The third-order valence-electron chi connectivity index (χ3n) is 10.1. The van der Waals surface area contributed by atoms with E-state index in [1.165, 1.54) is 81.4 Å². The lowest BCUT2D eigenvalue weighted by molar-refractivity contribution is 1.31. The largest absolute Gasteiger partial charge is 0.309 e. The van der Waals surface area contributed by atoms with Gasteiger partial charge in [-0.05, 0) is 107 Å². The molecule has 10 aromatic rings. The van der Waals surface area contributed by atoms with E-state index in [4.69, 9.17) is 0 Å². The van der Waals surface area contributed by atoms with E-state index in [1.54, 1.807) is 0 Å². The van der Waals surface area contributed by atoms with E-state index in [1.807, 2.05) is 0 Å². The molecule has 0 amide bonds. The molecule has 0 unspecified atom stereocenters. The Morgan fingerprint density at radius 1 is 0.265 bits per heavy atom. The van der Waals surface area contributed by atoms with Gasteiger partial charge in [0, 0.05) is 22.1 Å². The molecule has 0 spiro atoms. The van der Waals surface area contributed by atoms with Crippen molar-refractivity contribution < 1.29 is 0 Å². The van der Waals surface area contributed by atoms with Crippen LogP contribution >= 0.6 is 0 Å². The van der Waals surface area contributed by atoms with E-state index < -0.39 is 0 Å². The molecule has 10 aromatic carbocycles. The first kappa shape index (κ1) is 27.7. The zero-order chi connectivity index (χ0) is 32.3. The predicted molar refractivity (Wildman–Crippen MR) is 212 cm³/mol. The molecule has 10 rings (SSSR count). The highest BCUT2D eigenvalue weighted by Gasteiger charge is 2.22. The van der Waals surface area contributed by atoms with E-state index in [2.05, 4.69) is 193 Å². The van der Waals surface area contributed by atoms with Crippen molar-refractivity contribution in [2.24, 2.45) is 0 Å². The maximum absolute atomic E-state index is 2.44. The highest BCUT2D eigenvalue weighted by atomic mass is 15.1. The van der Waals surface area contributed by atoms with Crippen LogP contribution in [0.4, 0.5) is 17.1 Å². The Hall–Kier alpha value is -6.44. The fourth-order valence-corrected chi connectivity index (χ4v) is 8.01. The molecule has 0 bridgehead atoms. The minimum Gasteiger partial charge on any atom is -0.309 e. The van der Waals surface area contributed by atoms with Crippen LogP contribution in [0.2, 0.25) is 0 Å². The Balaban J connectivity index is 1.31. The van der Waals surface area contributed by atoms with Crippen LogP contribution in [0.3, 0.4) is 0 Å². The van der Waals surface area contributed by atoms with Crippen LogP contribution in [0.5, 0.6) is 0 Å². The monoisotopic (exact) mass is 621 g/mol. The van der Waals surface area contributed by atoms with Crippen molar-refractivity contribution >= 4 is 81.7 Å². The van der Waals surface area contributed by atoms with E-state index in [0.717, 1.165) is 11.4 Å². The topological polar surface area (TPSA) is 3.24 Å². The molecule has 0 aliphatic carbocycles. The maximum atomic E-state index is 2.44. The van der Waals surface area contributed by atoms with Gasteiger partial charge in [-0.2, -0.15) is 0 Å². The highest BCUT2D eigenvalue weighted by molar-refractivity contribution is 6.29. The van der Waals surface area contributed by atoms with Crippen LogP contribution in [0.1, 0.15) is 0 Å². The summed E-state index contributed by atoms with van der Waals surface area (Å²) in [6, 6.07) is 68.8. The summed E-state index contributed by atoms with van der Waals surface area (Å²) in [5.41, 5.74) is 5.95. The summed E-state index contributed by atoms with van der Waals surface area (Å²) in [5.74, 6) is 0. The van der Waals surface area contributed by atoms with Gasteiger partial charge in [0.2, 0.25) is 0 Å². The third kappa shape index (κ3) is 4.33. The van der Waals surface area contributed by atoms with Gasteiger partial charge in [-0.3, -0.25) is 0 Å². The SMILES string of the molecule is c1ccc(N(c2ccccc2)c2c3ccccc3c(-c3ccc4c(c3)c3ccccc3c3cc5ccccc5cc43)c3ccccc23)cc1. The summed E-state index contributed by atoms with van der Waals surface area (Å²) < 4.78 is 0. The minimum atomic E-state index is 1.13. The fraction of sp³-hybridized carbons (Fsp3) is 0. The lowest BCUT2D eigenvalue weighted by Gasteiger charge is -2.29. The first-order valence-electron chi connectivity index (χ1n) is 16.9. The number of benzene rings is 10. The molecule has 0 aliphatic rings.